The zero-order valence-electron chi connectivity index (χ0n) is 12.8. The van der Waals surface area contributed by atoms with Gasteiger partial charge >= 0.3 is 140 Å². The molecule has 0 saturated heterocycles. The van der Waals surface area contributed by atoms with Crippen LogP contribution < -0.4 is 8.92 Å². The van der Waals surface area contributed by atoms with E-state index in [-0.39, 0.29) is 5.82 Å². The van der Waals surface area contributed by atoms with Gasteiger partial charge in [-0.1, -0.05) is 0 Å². The van der Waals surface area contributed by atoms with Gasteiger partial charge in [0.2, 0.25) is 0 Å². The van der Waals surface area contributed by atoms with Gasteiger partial charge in [0.05, 0.1) is 0 Å². The van der Waals surface area contributed by atoms with Gasteiger partial charge in [-0.25, -0.2) is 0 Å². The number of hydrogen-bond donors (Lipinski definition) is 0. The molecule has 0 spiro atoms. The van der Waals surface area contributed by atoms with E-state index in [0.717, 1.165) is 0 Å². The standard InChI is InChI=1S/C18H23FSe2/c1-3-5-7-16-13-18(17(21-16)8-6-4-2)20-15-11-9-14(19)10-12-15/h9-13H,3-8H2,1-2H3. The minimum atomic E-state index is -0.135. The molecule has 2 rings (SSSR count). The predicted octanol–water partition coefficient (Wildman–Crippen LogP) is 3.22. The third kappa shape index (κ3) is 5.42. The van der Waals surface area contributed by atoms with Crippen molar-refractivity contribution in [3.8, 4) is 0 Å². The van der Waals surface area contributed by atoms with Crippen LogP contribution in [0.5, 0.6) is 0 Å². The van der Waals surface area contributed by atoms with Gasteiger partial charge in [0.1, 0.15) is 0 Å². The number of hydrogen-bond acceptors (Lipinski definition) is 0. The van der Waals surface area contributed by atoms with Gasteiger partial charge in [-0.3, -0.25) is 0 Å². The van der Waals surface area contributed by atoms with Gasteiger partial charge in [0.15, 0.2) is 0 Å². The van der Waals surface area contributed by atoms with Gasteiger partial charge in [0.25, 0.3) is 0 Å². The van der Waals surface area contributed by atoms with E-state index < -0.39 is 0 Å². The Morgan fingerprint density at radius 1 is 1.00 bits per heavy atom. The summed E-state index contributed by atoms with van der Waals surface area (Å²) in [6, 6.07) is 9.55. The summed E-state index contributed by atoms with van der Waals surface area (Å²) in [6.07, 6.45) is 7.69. The SMILES string of the molecule is CCCCc1cc([Se]c2ccc(F)cc2)c(CCCC)[se]1. The molecule has 0 saturated carbocycles. The average Bonchev–Trinajstić information content (AvgIpc) is 2.87. The van der Waals surface area contributed by atoms with E-state index in [1.54, 1.807) is 25.5 Å². The van der Waals surface area contributed by atoms with Crippen molar-refractivity contribution in [3.05, 3.63) is 45.0 Å². The van der Waals surface area contributed by atoms with E-state index >= 15 is 0 Å². The summed E-state index contributed by atoms with van der Waals surface area (Å²) in [5.41, 5.74) is 0. The molecule has 0 amide bonds. The van der Waals surface area contributed by atoms with Gasteiger partial charge in [-0.15, -0.1) is 0 Å². The Labute approximate surface area is 140 Å². The first-order valence-corrected chi connectivity index (χ1v) is 11.2. The summed E-state index contributed by atoms with van der Waals surface area (Å²) in [7, 11) is 0. The van der Waals surface area contributed by atoms with Crippen LogP contribution in [0.1, 0.15) is 48.4 Å². The fourth-order valence-corrected chi connectivity index (χ4v) is 7.84. The number of unbranched alkanes of at least 4 members (excludes halogenated alkanes) is 2. The molecule has 1 heterocycles. The fraction of sp³-hybridized carbons (Fsp3) is 0.444. The third-order valence-electron chi connectivity index (χ3n) is 3.40. The van der Waals surface area contributed by atoms with Gasteiger partial charge in [0, 0.05) is 0 Å². The van der Waals surface area contributed by atoms with Crippen molar-refractivity contribution < 1.29 is 4.39 Å². The van der Waals surface area contributed by atoms with Crippen molar-refractivity contribution in [2.75, 3.05) is 0 Å². The van der Waals surface area contributed by atoms with Crippen molar-refractivity contribution in [3.63, 3.8) is 0 Å². The maximum atomic E-state index is 13.0. The molecular weight excluding hydrogens is 393 g/mol. The molecule has 0 bridgehead atoms. The maximum absolute atomic E-state index is 13.0. The topological polar surface area (TPSA) is 0 Å². The molecule has 0 fully saturated rings. The average molecular weight is 416 g/mol. The first-order chi connectivity index (χ1) is 10.2. The number of benzene rings is 1. The fourth-order valence-electron chi connectivity index (χ4n) is 2.17. The van der Waals surface area contributed by atoms with E-state index in [4.69, 9.17) is 0 Å². The second-order valence-electron chi connectivity index (χ2n) is 5.26. The molecular formula is C18H23FSe2. The number of halogens is 1. The molecule has 2 aromatic rings. The molecule has 0 N–H and O–H groups in total. The van der Waals surface area contributed by atoms with Crippen molar-refractivity contribution in [1.82, 2.24) is 0 Å². The molecule has 1 aromatic heterocycles. The molecule has 1 aromatic carbocycles. The molecule has 114 valence electrons. The Morgan fingerprint density at radius 3 is 2.33 bits per heavy atom. The molecule has 0 nitrogen and oxygen atoms in total. The van der Waals surface area contributed by atoms with Crippen LogP contribution in [0, 0.1) is 5.82 Å². The Kier molecular flexibility index (Phi) is 7.26. The first-order valence-electron chi connectivity index (χ1n) is 7.78. The first kappa shape index (κ1) is 17.0. The van der Waals surface area contributed by atoms with Gasteiger partial charge in [-0.2, -0.15) is 0 Å². The summed E-state index contributed by atoms with van der Waals surface area (Å²) >= 11 is 0.925. The molecule has 0 aliphatic rings. The Balaban J connectivity index is 2.14. The number of rotatable bonds is 8. The number of aryl methyl sites for hydroxylation is 2. The molecule has 0 atom stereocenters. The van der Waals surface area contributed by atoms with E-state index in [1.807, 2.05) is 12.1 Å². The van der Waals surface area contributed by atoms with E-state index in [2.05, 4.69) is 19.9 Å². The monoisotopic (exact) mass is 418 g/mol. The molecule has 3 heteroatoms. The second-order valence-corrected chi connectivity index (χ2v) is 10.2. The van der Waals surface area contributed by atoms with E-state index in [0.29, 0.717) is 29.5 Å². The molecule has 0 radical (unpaired) electrons. The van der Waals surface area contributed by atoms with Crippen LogP contribution in [0.2, 0.25) is 0 Å². The van der Waals surface area contributed by atoms with Crippen LogP contribution in [0.4, 0.5) is 4.39 Å². The second kappa shape index (κ2) is 8.95. The van der Waals surface area contributed by atoms with Crippen LogP contribution in [0.25, 0.3) is 0 Å². The van der Waals surface area contributed by atoms with Crippen molar-refractivity contribution in [2.24, 2.45) is 0 Å². The third-order valence-corrected chi connectivity index (χ3v) is 8.98. The molecule has 0 unspecified atom stereocenters. The van der Waals surface area contributed by atoms with Crippen LogP contribution in [0.3, 0.4) is 0 Å². The normalized spacial score (nSPS) is 11.0. The molecule has 21 heavy (non-hydrogen) atoms. The summed E-state index contributed by atoms with van der Waals surface area (Å²) in [6.45, 7) is 4.52. The Hall–Kier alpha value is -0.331. The molecule has 0 aliphatic heterocycles. The summed E-state index contributed by atoms with van der Waals surface area (Å²) in [4.78, 5) is 0. The zero-order chi connectivity index (χ0) is 15.1. The van der Waals surface area contributed by atoms with E-state index in [1.165, 1.54) is 43.0 Å². The van der Waals surface area contributed by atoms with Crippen LogP contribution in [-0.4, -0.2) is 29.5 Å². The van der Waals surface area contributed by atoms with Crippen molar-refractivity contribution in [1.29, 1.82) is 0 Å². The minimum absolute atomic E-state index is 0.135. The van der Waals surface area contributed by atoms with Crippen LogP contribution in [0.15, 0.2) is 30.3 Å². The summed E-state index contributed by atoms with van der Waals surface area (Å²) < 4.78 is 19.3. The van der Waals surface area contributed by atoms with Gasteiger partial charge < -0.3 is 0 Å². The van der Waals surface area contributed by atoms with Crippen LogP contribution >= 0.6 is 0 Å². The quantitative estimate of drug-likeness (QED) is 0.580. The molecule has 0 aliphatic carbocycles. The summed E-state index contributed by atoms with van der Waals surface area (Å²) in [5.74, 6) is -0.135. The van der Waals surface area contributed by atoms with Crippen LogP contribution in [-0.2, 0) is 12.8 Å². The van der Waals surface area contributed by atoms with E-state index in [9.17, 15) is 4.39 Å². The van der Waals surface area contributed by atoms with Crippen molar-refractivity contribution >= 4 is 38.4 Å². The Morgan fingerprint density at radius 2 is 1.67 bits per heavy atom. The zero-order valence-corrected chi connectivity index (χ0v) is 16.2. The van der Waals surface area contributed by atoms with Crippen molar-refractivity contribution in [2.45, 2.75) is 52.4 Å². The summed E-state index contributed by atoms with van der Waals surface area (Å²) in [5, 5.41) is 0. The predicted molar refractivity (Wildman–Crippen MR) is 92.0 cm³/mol. The van der Waals surface area contributed by atoms with Gasteiger partial charge in [-0.05, 0) is 0 Å². The Bertz CT molecular complexity index is 543.